The van der Waals surface area contributed by atoms with E-state index in [0.29, 0.717) is 49.4 Å². The molecule has 5 heterocycles. The summed E-state index contributed by atoms with van der Waals surface area (Å²) in [7, 11) is 0. The van der Waals surface area contributed by atoms with Crippen LogP contribution in [0.25, 0.3) is 16.6 Å². The van der Waals surface area contributed by atoms with Gasteiger partial charge in [0.15, 0.2) is 5.78 Å². The topological polar surface area (TPSA) is 140 Å². The molecule has 0 spiro atoms. The summed E-state index contributed by atoms with van der Waals surface area (Å²) in [6, 6.07) is 13.2. The zero-order valence-electron chi connectivity index (χ0n) is 21.5. The van der Waals surface area contributed by atoms with Gasteiger partial charge in [-0.05, 0) is 50.1 Å². The van der Waals surface area contributed by atoms with E-state index in [1.54, 1.807) is 29.0 Å². The molecular weight excluding hydrogens is 494 g/mol. The Hall–Kier alpha value is -4.80. The fourth-order valence-corrected chi connectivity index (χ4v) is 5.12. The van der Waals surface area contributed by atoms with Crippen LogP contribution in [0.4, 0.5) is 5.82 Å². The van der Waals surface area contributed by atoms with E-state index in [1.165, 1.54) is 12.4 Å². The van der Waals surface area contributed by atoms with Crippen molar-refractivity contribution in [3.8, 4) is 29.0 Å². The molecule has 1 aliphatic heterocycles. The highest BCUT2D eigenvalue weighted by molar-refractivity contribution is 5.96. The molecule has 39 heavy (non-hydrogen) atoms. The molecule has 0 aliphatic carbocycles. The summed E-state index contributed by atoms with van der Waals surface area (Å²) in [6.45, 7) is 3.54. The monoisotopic (exact) mass is 521 g/mol. The molecule has 0 bridgehead atoms. The summed E-state index contributed by atoms with van der Waals surface area (Å²) in [5.41, 5.74) is 2.63. The standard InChI is InChI=1S/C29H27N7O3/c1-2-39-23-12-24(28-22(15-31)17-34-36(28)18-23)21-5-6-26(33-16-21)35-10-7-29(19-37,8-11-35)13-25(38)27-20(14-30)4-3-9-32-27/h3-6,9,12,16-18,37H,2,7-8,10-11,13,19H2,1H3. The molecule has 1 N–H and O–H groups in total. The number of aromatic nitrogens is 4. The van der Waals surface area contributed by atoms with Crippen LogP contribution in [0.15, 0.2) is 55.1 Å². The van der Waals surface area contributed by atoms with Gasteiger partial charge in [0.05, 0.1) is 35.6 Å². The minimum absolute atomic E-state index is 0.119. The minimum Gasteiger partial charge on any atom is -0.492 e. The number of aliphatic hydroxyl groups excluding tert-OH is 1. The number of ketones is 1. The van der Waals surface area contributed by atoms with E-state index >= 15 is 0 Å². The van der Waals surface area contributed by atoms with Crippen molar-refractivity contribution in [2.45, 2.75) is 26.2 Å². The first-order valence-electron chi connectivity index (χ1n) is 12.8. The molecule has 196 valence electrons. The molecule has 0 radical (unpaired) electrons. The molecule has 4 aromatic rings. The quantitative estimate of drug-likeness (QED) is 0.343. The second-order valence-electron chi connectivity index (χ2n) is 9.65. The summed E-state index contributed by atoms with van der Waals surface area (Å²) >= 11 is 0. The predicted molar refractivity (Wildman–Crippen MR) is 143 cm³/mol. The summed E-state index contributed by atoms with van der Waals surface area (Å²) in [6.07, 6.45) is 7.91. The molecule has 1 fully saturated rings. The van der Waals surface area contributed by atoms with Gasteiger partial charge in [0.2, 0.25) is 0 Å². The third kappa shape index (κ3) is 5.02. The molecule has 10 heteroatoms. The Morgan fingerprint density at radius 2 is 1.92 bits per heavy atom. The fraction of sp³-hybridized carbons (Fsp3) is 0.310. The highest BCUT2D eigenvalue weighted by Crippen LogP contribution is 2.38. The number of Topliss-reactive ketones (excluding diaryl/α,β-unsaturated/α-hetero) is 1. The van der Waals surface area contributed by atoms with Crippen molar-refractivity contribution in [2.75, 3.05) is 31.2 Å². The number of piperidine rings is 1. The molecule has 0 aromatic carbocycles. The lowest BCUT2D eigenvalue weighted by Crippen LogP contribution is -2.43. The maximum atomic E-state index is 13.0. The molecule has 0 saturated carbocycles. The lowest BCUT2D eigenvalue weighted by atomic mass is 9.74. The third-order valence-corrected chi connectivity index (χ3v) is 7.29. The summed E-state index contributed by atoms with van der Waals surface area (Å²) in [5, 5.41) is 33.4. The fourth-order valence-electron chi connectivity index (χ4n) is 5.12. The van der Waals surface area contributed by atoms with Crippen molar-refractivity contribution in [3.05, 3.63) is 71.9 Å². The van der Waals surface area contributed by atoms with Gasteiger partial charge in [-0.15, -0.1) is 0 Å². The van der Waals surface area contributed by atoms with Crippen LogP contribution in [0.5, 0.6) is 5.75 Å². The molecule has 10 nitrogen and oxygen atoms in total. The number of carbonyl (C=O) groups excluding carboxylic acids is 1. The third-order valence-electron chi connectivity index (χ3n) is 7.29. The van der Waals surface area contributed by atoms with Crippen molar-refractivity contribution in [1.82, 2.24) is 19.6 Å². The first-order valence-corrected chi connectivity index (χ1v) is 12.8. The lowest BCUT2D eigenvalue weighted by molar-refractivity contribution is 0.0666. The SMILES string of the molecule is CCOc1cc(-c2ccc(N3CCC(CO)(CC(=O)c4ncccc4C#N)CC3)nc2)c2c(C#N)cnn2c1. The van der Waals surface area contributed by atoms with E-state index in [9.17, 15) is 20.4 Å². The van der Waals surface area contributed by atoms with Gasteiger partial charge in [-0.1, -0.05) is 0 Å². The number of hydrogen-bond donors (Lipinski definition) is 1. The van der Waals surface area contributed by atoms with Crippen molar-refractivity contribution in [1.29, 1.82) is 10.5 Å². The molecule has 0 atom stereocenters. The predicted octanol–water partition coefficient (Wildman–Crippen LogP) is 3.79. The number of pyridine rings is 3. The Morgan fingerprint density at radius 3 is 2.59 bits per heavy atom. The minimum atomic E-state index is -0.571. The molecular formula is C29H27N7O3. The number of carbonyl (C=O) groups is 1. The number of nitrogens with zero attached hydrogens (tertiary/aromatic N) is 7. The Balaban J connectivity index is 1.33. The van der Waals surface area contributed by atoms with Gasteiger partial charge >= 0.3 is 0 Å². The largest absolute Gasteiger partial charge is 0.492 e. The van der Waals surface area contributed by atoms with Crippen molar-refractivity contribution in [2.24, 2.45) is 5.41 Å². The van der Waals surface area contributed by atoms with Crippen LogP contribution < -0.4 is 9.64 Å². The van der Waals surface area contributed by atoms with E-state index in [4.69, 9.17) is 9.72 Å². The number of nitriles is 2. The van der Waals surface area contributed by atoms with E-state index in [-0.39, 0.29) is 30.1 Å². The van der Waals surface area contributed by atoms with Crippen LogP contribution in [-0.4, -0.2) is 56.8 Å². The molecule has 0 unspecified atom stereocenters. The van der Waals surface area contributed by atoms with Gasteiger partial charge in [-0.25, -0.2) is 9.50 Å². The summed E-state index contributed by atoms with van der Waals surface area (Å²) in [5.74, 6) is 1.21. The number of hydrogen-bond acceptors (Lipinski definition) is 9. The molecule has 5 rings (SSSR count). The maximum Gasteiger partial charge on any atom is 0.183 e. The average Bonchev–Trinajstić information content (AvgIpc) is 3.40. The van der Waals surface area contributed by atoms with Gasteiger partial charge in [-0.2, -0.15) is 15.6 Å². The van der Waals surface area contributed by atoms with Crippen molar-refractivity contribution < 1.29 is 14.6 Å². The van der Waals surface area contributed by atoms with Crippen LogP contribution in [0.3, 0.4) is 0 Å². The van der Waals surface area contributed by atoms with Gasteiger partial charge in [0.25, 0.3) is 0 Å². The van der Waals surface area contributed by atoms with E-state index in [1.807, 2.05) is 31.2 Å². The zero-order valence-corrected chi connectivity index (χ0v) is 21.5. The van der Waals surface area contributed by atoms with Crippen LogP contribution in [-0.2, 0) is 0 Å². The zero-order chi connectivity index (χ0) is 27.4. The highest BCUT2D eigenvalue weighted by atomic mass is 16.5. The summed E-state index contributed by atoms with van der Waals surface area (Å²) < 4.78 is 7.35. The normalized spacial score (nSPS) is 14.5. The Kier molecular flexibility index (Phi) is 7.22. The molecule has 0 amide bonds. The smallest absolute Gasteiger partial charge is 0.183 e. The van der Waals surface area contributed by atoms with Crippen LogP contribution in [0.1, 0.15) is 47.8 Å². The molecule has 4 aromatic heterocycles. The van der Waals surface area contributed by atoms with Gasteiger partial charge in [0, 0.05) is 55.1 Å². The average molecular weight is 522 g/mol. The first-order chi connectivity index (χ1) is 19.0. The van der Waals surface area contributed by atoms with Crippen molar-refractivity contribution in [3.63, 3.8) is 0 Å². The summed E-state index contributed by atoms with van der Waals surface area (Å²) in [4.78, 5) is 23.9. The van der Waals surface area contributed by atoms with Gasteiger partial charge in [0.1, 0.15) is 29.4 Å². The van der Waals surface area contributed by atoms with Gasteiger partial charge in [-0.3, -0.25) is 9.78 Å². The molecule has 1 aliphatic rings. The molecule has 1 saturated heterocycles. The number of rotatable bonds is 8. The van der Waals surface area contributed by atoms with E-state index in [2.05, 4.69) is 21.1 Å². The Morgan fingerprint density at radius 1 is 1.13 bits per heavy atom. The van der Waals surface area contributed by atoms with Crippen LogP contribution in [0.2, 0.25) is 0 Å². The number of ether oxygens (including phenoxy) is 1. The maximum absolute atomic E-state index is 13.0. The van der Waals surface area contributed by atoms with E-state index in [0.717, 1.165) is 16.9 Å². The number of fused-ring (bicyclic) bond motifs is 1. The van der Waals surface area contributed by atoms with Gasteiger partial charge < -0.3 is 14.7 Å². The second kappa shape index (κ2) is 10.9. The Labute approximate surface area is 225 Å². The van der Waals surface area contributed by atoms with Crippen molar-refractivity contribution >= 4 is 17.1 Å². The number of aliphatic hydroxyl groups is 1. The number of anilines is 1. The second-order valence-corrected chi connectivity index (χ2v) is 9.65. The Bertz CT molecular complexity index is 1590. The van der Waals surface area contributed by atoms with Crippen LogP contribution in [0, 0.1) is 28.1 Å². The first kappa shape index (κ1) is 25.8. The highest BCUT2D eigenvalue weighted by Gasteiger charge is 2.37. The van der Waals surface area contributed by atoms with Crippen LogP contribution >= 0.6 is 0 Å². The lowest BCUT2D eigenvalue weighted by Gasteiger charge is -2.41. The van der Waals surface area contributed by atoms with E-state index < -0.39 is 5.41 Å².